The summed E-state index contributed by atoms with van der Waals surface area (Å²) in [4.78, 5) is 4.16. The fraction of sp³-hybridized carbons (Fsp3) is 0.222. The molecule has 2 aromatic heterocycles. The third kappa shape index (κ3) is 3.40. The van der Waals surface area contributed by atoms with Gasteiger partial charge in [0.1, 0.15) is 5.76 Å². The van der Waals surface area contributed by atoms with Crippen LogP contribution in [0.4, 0.5) is 0 Å². The number of benzene rings is 1. The van der Waals surface area contributed by atoms with E-state index >= 15 is 0 Å². The molecule has 0 fully saturated rings. The van der Waals surface area contributed by atoms with Crippen LogP contribution in [0, 0.1) is 6.92 Å². The molecule has 1 unspecified atom stereocenters. The molecular formula is C18H19N3O. The van der Waals surface area contributed by atoms with Crippen LogP contribution in [0.3, 0.4) is 0 Å². The highest BCUT2D eigenvalue weighted by Gasteiger charge is 2.07. The topological polar surface area (TPSA) is 51.0 Å². The summed E-state index contributed by atoms with van der Waals surface area (Å²) in [5.41, 5.74) is 4.48. The van der Waals surface area contributed by atoms with E-state index in [1.165, 1.54) is 11.1 Å². The Balaban J connectivity index is 1.64. The highest BCUT2D eigenvalue weighted by Crippen LogP contribution is 2.21. The van der Waals surface area contributed by atoms with Crippen LogP contribution in [0.1, 0.15) is 30.0 Å². The third-order valence-electron chi connectivity index (χ3n) is 3.67. The number of pyridine rings is 1. The minimum Gasteiger partial charge on any atom is -0.361 e. The smallest absolute Gasteiger partial charge is 0.133 e. The van der Waals surface area contributed by atoms with Gasteiger partial charge in [0.05, 0.1) is 5.69 Å². The van der Waals surface area contributed by atoms with E-state index in [1.54, 1.807) is 6.20 Å². The second-order valence-corrected chi connectivity index (χ2v) is 5.40. The second-order valence-electron chi connectivity index (χ2n) is 5.40. The van der Waals surface area contributed by atoms with Crippen molar-refractivity contribution in [1.29, 1.82) is 0 Å². The average molecular weight is 293 g/mol. The van der Waals surface area contributed by atoms with Gasteiger partial charge in [-0.15, -0.1) is 0 Å². The van der Waals surface area contributed by atoms with Gasteiger partial charge in [-0.3, -0.25) is 4.98 Å². The summed E-state index contributed by atoms with van der Waals surface area (Å²) in [6, 6.07) is 14.8. The lowest BCUT2D eigenvalue weighted by Gasteiger charge is -2.13. The second kappa shape index (κ2) is 6.54. The van der Waals surface area contributed by atoms with E-state index in [4.69, 9.17) is 4.52 Å². The normalized spacial score (nSPS) is 12.3. The predicted octanol–water partition coefficient (Wildman–Crippen LogP) is 3.90. The van der Waals surface area contributed by atoms with Gasteiger partial charge in [-0.2, -0.15) is 0 Å². The van der Waals surface area contributed by atoms with Gasteiger partial charge < -0.3 is 9.84 Å². The van der Waals surface area contributed by atoms with Gasteiger partial charge in [-0.25, -0.2) is 0 Å². The number of aromatic nitrogens is 2. The van der Waals surface area contributed by atoms with Gasteiger partial charge in [0.2, 0.25) is 0 Å². The summed E-state index contributed by atoms with van der Waals surface area (Å²) in [5, 5.41) is 7.44. The van der Waals surface area contributed by atoms with Crippen LogP contribution >= 0.6 is 0 Å². The summed E-state index contributed by atoms with van der Waals surface area (Å²) in [6.45, 7) is 4.74. The van der Waals surface area contributed by atoms with Crippen molar-refractivity contribution in [2.24, 2.45) is 0 Å². The van der Waals surface area contributed by atoms with Crippen molar-refractivity contribution >= 4 is 0 Å². The first-order valence-electron chi connectivity index (χ1n) is 7.38. The zero-order valence-corrected chi connectivity index (χ0v) is 12.8. The Hall–Kier alpha value is -2.46. The molecule has 112 valence electrons. The number of nitrogens with zero attached hydrogens (tertiary/aromatic N) is 2. The molecule has 2 heterocycles. The fourth-order valence-electron chi connectivity index (χ4n) is 2.37. The van der Waals surface area contributed by atoms with Crippen LogP contribution in [-0.4, -0.2) is 10.1 Å². The Morgan fingerprint density at radius 1 is 1.14 bits per heavy atom. The van der Waals surface area contributed by atoms with Gasteiger partial charge in [0.15, 0.2) is 0 Å². The maximum absolute atomic E-state index is 5.07. The molecule has 3 rings (SSSR count). The van der Waals surface area contributed by atoms with Crippen molar-refractivity contribution in [3.05, 3.63) is 71.9 Å². The van der Waals surface area contributed by atoms with Gasteiger partial charge in [-0.1, -0.05) is 35.5 Å². The molecule has 0 radical (unpaired) electrons. The van der Waals surface area contributed by atoms with Crippen molar-refractivity contribution in [3.8, 4) is 11.1 Å². The standard InChI is InChI=1S/C18H19N3O/c1-13-10-18(21-22-13)12-20-14(2)15-5-7-16(8-6-15)17-4-3-9-19-11-17/h3-11,14,20H,12H2,1-2H3. The summed E-state index contributed by atoms with van der Waals surface area (Å²) >= 11 is 0. The summed E-state index contributed by atoms with van der Waals surface area (Å²) in [6.07, 6.45) is 3.67. The molecule has 0 spiro atoms. The highest BCUT2D eigenvalue weighted by molar-refractivity contribution is 5.62. The number of nitrogens with one attached hydrogen (secondary N) is 1. The predicted molar refractivity (Wildman–Crippen MR) is 86.2 cm³/mol. The molecule has 1 N–H and O–H groups in total. The molecule has 22 heavy (non-hydrogen) atoms. The Kier molecular flexibility index (Phi) is 4.30. The molecule has 0 aliphatic heterocycles. The average Bonchev–Trinajstić information content (AvgIpc) is 2.99. The first-order chi connectivity index (χ1) is 10.7. The zero-order chi connectivity index (χ0) is 15.4. The Morgan fingerprint density at radius 2 is 1.95 bits per heavy atom. The van der Waals surface area contributed by atoms with Crippen molar-refractivity contribution in [2.45, 2.75) is 26.4 Å². The van der Waals surface area contributed by atoms with Gasteiger partial charge in [0.25, 0.3) is 0 Å². The molecular weight excluding hydrogens is 274 g/mol. The first-order valence-corrected chi connectivity index (χ1v) is 7.38. The molecule has 4 nitrogen and oxygen atoms in total. The minimum atomic E-state index is 0.250. The van der Waals surface area contributed by atoms with Crippen LogP contribution in [-0.2, 0) is 6.54 Å². The van der Waals surface area contributed by atoms with Crippen LogP contribution in [0.15, 0.2) is 59.4 Å². The Labute approximate surface area is 130 Å². The molecule has 4 heteroatoms. The van der Waals surface area contributed by atoms with Crippen LogP contribution in [0.2, 0.25) is 0 Å². The molecule has 0 saturated heterocycles. The Morgan fingerprint density at radius 3 is 2.59 bits per heavy atom. The van der Waals surface area contributed by atoms with E-state index < -0.39 is 0 Å². The van der Waals surface area contributed by atoms with Crippen LogP contribution in [0.5, 0.6) is 0 Å². The number of hydrogen-bond donors (Lipinski definition) is 1. The van der Waals surface area contributed by atoms with Gasteiger partial charge in [-0.05, 0) is 36.6 Å². The minimum absolute atomic E-state index is 0.250. The fourth-order valence-corrected chi connectivity index (χ4v) is 2.37. The maximum atomic E-state index is 5.07. The number of aryl methyl sites for hydroxylation is 1. The largest absolute Gasteiger partial charge is 0.361 e. The SMILES string of the molecule is Cc1cc(CNC(C)c2ccc(-c3cccnc3)cc2)no1. The molecule has 1 aromatic carbocycles. The van der Waals surface area contributed by atoms with E-state index in [0.717, 1.165) is 17.0 Å². The molecule has 3 aromatic rings. The lowest BCUT2D eigenvalue weighted by Crippen LogP contribution is -2.18. The van der Waals surface area contributed by atoms with Gasteiger partial charge in [0, 0.05) is 31.0 Å². The molecule has 0 aliphatic rings. The van der Waals surface area contributed by atoms with Crippen molar-refractivity contribution in [1.82, 2.24) is 15.5 Å². The molecule has 0 bridgehead atoms. The quantitative estimate of drug-likeness (QED) is 0.775. The third-order valence-corrected chi connectivity index (χ3v) is 3.67. The lowest BCUT2D eigenvalue weighted by atomic mass is 10.0. The molecule has 0 saturated carbocycles. The van der Waals surface area contributed by atoms with E-state index in [-0.39, 0.29) is 6.04 Å². The van der Waals surface area contributed by atoms with Crippen molar-refractivity contribution < 1.29 is 4.52 Å². The maximum Gasteiger partial charge on any atom is 0.133 e. The summed E-state index contributed by atoms with van der Waals surface area (Å²) < 4.78 is 5.07. The number of hydrogen-bond acceptors (Lipinski definition) is 4. The van der Waals surface area contributed by atoms with E-state index in [2.05, 4.69) is 52.7 Å². The summed E-state index contributed by atoms with van der Waals surface area (Å²) in [5.74, 6) is 0.838. The molecule has 0 aliphatic carbocycles. The van der Waals surface area contributed by atoms with E-state index in [1.807, 2.05) is 25.3 Å². The van der Waals surface area contributed by atoms with Crippen LogP contribution in [0.25, 0.3) is 11.1 Å². The lowest BCUT2D eigenvalue weighted by molar-refractivity contribution is 0.386. The van der Waals surface area contributed by atoms with E-state index in [9.17, 15) is 0 Å². The van der Waals surface area contributed by atoms with Crippen LogP contribution < -0.4 is 5.32 Å². The summed E-state index contributed by atoms with van der Waals surface area (Å²) in [7, 11) is 0. The Bertz CT molecular complexity index is 720. The van der Waals surface area contributed by atoms with Gasteiger partial charge >= 0.3 is 0 Å². The monoisotopic (exact) mass is 293 g/mol. The number of rotatable bonds is 5. The highest BCUT2D eigenvalue weighted by atomic mass is 16.5. The van der Waals surface area contributed by atoms with E-state index in [0.29, 0.717) is 6.54 Å². The van der Waals surface area contributed by atoms with Crippen molar-refractivity contribution in [3.63, 3.8) is 0 Å². The van der Waals surface area contributed by atoms with Crippen molar-refractivity contribution in [2.75, 3.05) is 0 Å². The first kappa shape index (κ1) is 14.5. The molecule has 0 amide bonds. The zero-order valence-electron chi connectivity index (χ0n) is 12.8. The molecule has 1 atom stereocenters.